The third-order valence-electron chi connectivity index (χ3n) is 4.15. The van der Waals surface area contributed by atoms with Gasteiger partial charge in [-0.15, -0.1) is 0 Å². The number of imide groups is 1. The maximum Gasteiger partial charge on any atom is 0.294 e. The molecule has 1 N–H and O–H groups in total. The standard InChI is InChI=1S/C18H17ClN2O5S2/c19-13(8-12-4-2-1-3-5-12)9-15-17(23)21(18(24)27-15)10-16(22)20-14-6-7-28(25,26)11-14/h1-5,8-9,14H,6-7,10-11H2,(H,20,22)/b13-8-,15-9-/t14-/m1/s1. The van der Waals surface area contributed by atoms with Gasteiger partial charge in [-0.1, -0.05) is 41.9 Å². The Morgan fingerprint density at radius 1 is 1.29 bits per heavy atom. The van der Waals surface area contributed by atoms with Crippen molar-refractivity contribution >= 4 is 56.3 Å². The summed E-state index contributed by atoms with van der Waals surface area (Å²) in [5.74, 6) is -1.28. The van der Waals surface area contributed by atoms with Crippen molar-refractivity contribution in [3.05, 3.63) is 51.9 Å². The van der Waals surface area contributed by atoms with Crippen molar-refractivity contribution in [1.82, 2.24) is 10.2 Å². The van der Waals surface area contributed by atoms with Gasteiger partial charge in [-0.2, -0.15) is 0 Å². The maximum absolute atomic E-state index is 12.4. The number of amides is 3. The zero-order chi connectivity index (χ0) is 20.3. The van der Waals surface area contributed by atoms with E-state index in [0.717, 1.165) is 10.5 Å². The van der Waals surface area contributed by atoms with Crippen LogP contribution in [0.15, 0.2) is 46.3 Å². The summed E-state index contributed by atoms with van der Waals surface area (Å²) >= 11 is 6.86. The van der Waals surface area contributed by atoms with E-state index < -0.39 is 39.5 Å². The summed E-state index contributed by atoms with van der Waals surface area (Å²) in [6.45, 7) is -0.460. The van der Waals surface area contributed by atoms with Crippen molar-refractivity contribution in [3.8, 4) is 0 Å². The molecule has 10 heteroatoms. The Balaban J connectivity index is 1.63. The lowest BCUT2D eigenvalue weighted by Crippen LogP contribution is -2.44. The number of thioether (sulfide) groups is 1. The first kappa shape index (κ1) is 20.6. The molecule has 0 unspecified atom stereocenters. The number of carbonyl (C=O) groups excluding carboxylic acids is 3. The van der Waals surface area contributed by atoms with E-state index in [-0.39, 0.29) is 21.4 Å². The minimum atomic E-state index is -3.13. The van der Waals surface area contributed by atoms with Crippen LogP contribution in [0.1, 0.15) is 12.0 Å². The molecule has 28 heavy (non-hydrogen) atoms. The third kappa shape index (κ3) is 5.24. The fourth-order valence-electron chi connectivity index (χ4n) is 2.84. The van der Waals surface area contributed by atoms with Crippen LogP contribution >= 0.6 is 23.4 Å². The van der Waals surface area contributed by atoms with E-state index in [1.807, 2.05) is 30.3 Å². The second-order valence-electron chi connectivity index (χ2n) is 6.38. The highest BCUT2D eigenvalue weighted by atomic mass is 35.5. The van der Waals surface area contributed by atoms with Crippen molar-refractivity contribution in [2.75, 3.05) is 18.1 Å². The molecule has 0 saturated carbocycles. The molecule has 148 valence electrons. The minimum absolute atomic E-state index is 0.0223. The zero-order valence-electron chi connectivity index (χ0n) is 14.6. The van der Waals surface area contributed by atoms with E-state index in [2.05, 4.69) is 5.32 Å². The van der Waals surface area contributed by atoms with E-state index in [4.69, 9.17) is 11.6 Å². The molecule has 1 aromatic rings. The van der Waals surface area contributed by atoms with Crippen molar-refractivity contribution < 1.29 is 22.8 Å². The van der Waals surface area contributed by atoms with Crippen LogP contribution in [0, 0.1) is 0 Å². The Morgan fingerprint density at radius 3 is 2.64 bits per heavy atom. The van der Waals surface area contributed by atoms with Gasteiger partial charge in [-0.25, -0.2) is 8.42 Å². The van der Waals surface area contributed by atoms with Crippen LogP contribution in [0.3, 0.4) is 0 Å². The molecule has 2 saturated heterocycles. The molecule has 0 bridgehead atoms. The van der Waals surface area contributed by atoms with Crippen LogP contribution in [0.25, 0.3) is 6.08 Å². The van der Waals surface area contributed by atoms with E-state index in [0.29, 0.717) is 18.2 Å². The van der Waals surface area contributed by atoms with Crippen LogP contribution in [0.2, 0.25) is 0 Å². The third-order valence-corrected chi connectivity index (χ3v) is 7.04. The molecule has 3 rings (SSSR count). The van der Waals surface area contributed by atoms with Crippen LogP contribution < -0.4 is 5.32 Å². The second kappa shape index (κ2) is 8.50. The average Bonchev–Trinajstić information content (AvgIpc) is 3.09. The van der Waals surface area contributed by atoms with Crippen LogP contribution in [0.5, 0.6) is 0 Å². The Hall–Kier alpha value is -2.10. The molecule has 7 nitrogen and oxygen atoms in total. The fraction of sp³-hybridized carbons (Fsp3) is 0.278. The molecular weight excluding hydrogens is 424 g/mol. The van der Waals surface area contributed by atoms with E-state index >= 15 is 0 Å². The van der Waals surface area contributed by atoms with Gasteiger partial charge in [0.1, 0.15) is 6.54 Å². The van der Waals surface area contributed by atoms with Crippen LogP contribution in [0.4, 0.5) is 4.79 Å². The molecule has 3 amide bonds. The van der Waals surface area contributed by atoms with Gasteiger partial charge in [0.25, 0.3) is 11.1 Å². The maximum atomic E-state index is 12.4. The van der Waals surface area contributed by atoms with Gasteiger partial charge in [-0.05, 0) is 35.9 Å². The van der Waals surface area contributed by atoms with Gasteiger partial charge < -0.3 is 5.32 Å². The predicted molar refractivity (Wildman–Crippen MR) is 108 cm³/mol. The van der Waals surface area contributed by atoms with Gasteiger partial charge in [-0.3, -0.25) is 19.3 Å². The number of halogens is 1. The predicted octanol–water partition coefficient (Wildman–Crippen LogP) is 2.15. The van der Waals surface area contributed by atoms with E-state index in [9.17, 15) is 22.8 Å². The van der Waals surface area contributed by atoms with E-state index in [1.54, 1.807) is 6.08 Å². The number of benzene rings is 1. The monoisotopic (exact) mass is 440 g/mol. The lowest BCUT2D eigenvalue weighted by atomic mass is 10.2. The molecular formula is C18H17ClN2O5S2. The van der Waals surface area contributed by atoms with Gasteiger partial charge in [0.05, 0.1) is 16.4 Å². The van der Waals surface area contributed by atoms with Crippen molar-refractivity contribution in [2.45, 2.75) is 12.5 Å². The second-order valence-corrected chi connectivity index (χ2v) is 10.0. The summed E-state index contributed by atoms with van der Waals surface area (Å²) < 4.78 is 22.9. The fourth-order valence-corrected chi connectivity index (χ4v) is 5.64. The highest BCUT2D eigenvalue weighted by molar-refractivity contribution is 8.18. The first-order chi connectivity index (χ1) is 13.2. The largest absolute Gasteiger partial charge is 0.351 e. The topological polar surface area (TPSA) is 101 Å². The molecule has 2 aliphatic rings. The van der Waals surface area contributed by atoms with Crippen LogP contribution in [-0.4, -0.2) is 54.5 Å². The first-order valence-corrected chi connectivity index (χ1v) is 11.4. The van der Waals surface area contributed by atoms with Crippen molar-refractivity contribution in [2.24, 2.45) is 0 Å². The molecule has 0 aromatic heterocycles. The van der Waals surface area contributed by atoms with Crippen molar-refractivity contribution in [3.63, 3.8) is 0 Å². The summed E-state index contributed by atoms with van der Waals surface area (Å²) in [5, 5.41) is 2.26. The highest BCUT2D eigenvalue weighted by Crippen LogP contribution is 2.32. The van der Waals surface area contributed by atoms with Crippen LogP contribution in [-0.2, 0) is 19.4 Å². The number of rotatable bonds is 5. The van der Waals surface area contributed by atoms with E-state index in [1.165, 1.54) is 6.08 Å². The quantitative estimate of drug-likeness (QED) is 0.704. The zero-order valence-corrected chi connectivity index (χ0v) is 17.0. The molecule has 0 aliphatic carbocycles. The lowest BCUT2D eigenvalue weighted by Gasteiger charge is -2.15. The molecule has 0 radical (unpaired) electrons. The Bertz CT molecular complexity index is 973. The number of hydrogen-bond donors (Lipinski definition) is 1. The number of nitrogens with one attached hydrogen (secondary N) is 1. The Morgan fingerprint density at radius 2 is 2.00 bits per heavy atom. The van der Waals surface area contributed by atoms with Crippen molar-refractivity contribution in [1.29, 1.82) is 0 Å². The minimum Gasteiger partial charge on any atom is -0.351 e. The molecule has 2 heterocycles. The average molecular weight is 441 g/mol. The molecule has 1 atom stereocenters. The molecule has 0 spiro atoms. The summed E-state index contributed by atoms with van der Waals surface area (Å²) in [7, 11) is -3.13. The number of carbonyl (C=O) groups is 3. The summed E-state index contributed by atoms with van der Waals surface area (Å²) in [6.07, 6.45) is 3.37. The molecule has 2 fully saturated rings. The van der Waals surface area contributed by atoms with Gasteiger partial charge in [0, 0.05) is 11.1 Å². The van der Waals surface area contributed by atoms with Gasteiger partial charge in [0.2, 0.25) is 5.91 Å². The van der Waals surface area contributed by atoms with Gasteiger partial charge in [0.15, 0.2) is 9.84 Å². The van der Waals surface area contributed by atoms with Gasteiger partial charge >= 0.3 is 0 Å². The summed E-state index contributed by atoms with van der Waals surface area (Å²) in [4.78, 5) is 37.6. The first-order valence-electron chi connectivity index (χ1n) is 8.41. The highest BCUT2D eigenvalue weighted by Gasteiger charge is 2.37. The SMILES string of the molecule is O=C(CN1C(=O)S/C(=C\C(Cl)=C\c2ccccc2)C1=O)N[C@@H]1CCS(=O)(=O)C1. The normalized spacial score (nSPS) is 23.5. The number of allylic oxidation sites excluding steroid dienone is 2. The Kier molecular flexibility index (Phi) is 6.26. The molecule has 2 aliphatic heterocycles. The lowest BCUT2D eigenvalue weighted by molar-refractivity contribution is -0.129. The number of hydrogen-bond acceptors (Lipinski definition) is 6. The summed E-state index contributed by atoms with van der Waals surface area (Å²) in [5.41, 5.74) is 0.842. The summed E-state index contributed by atoms with van der Waals surface area (Å²) in [6, 6.07) is 8.75. The number of sulfone groups is 1. The smallest absolute Gasteiger partial charge is 0.294 e. The number of nitrogens with zero attached hydrogens (tertiary/aromatic N) is 1. The Labute approximate surface area is 171 Å². The molecule has 1 aromatic carbocycles.